The summed E-state index contributed by atoms with van der Waals surface area (Å²) in [6.07, 6.45) is 5.45. The Labute approximate surface area is 110 Å². The number of aromatic nitrogens is 2. The van der Waals surface area contributed by atoms with Gasteiger partial charge in [0, 0.05) is 11.1 Å². The molecule has 1 heterocycles. The van der Waals surface area contributed by atoms with Crippen LogP contribution in [0.3, 0.4) is 0 Å². The van der Waals surface area contributed by atoms with Gasteiger partial charge in [-0.2, -0.15) is 9.78 Å². The zero-order valence-electron chi connectivity index (χ0n) is 10.2. The summed E-state index contributed by atoms with van der Waals surface area (Å²) in [4.78, 5) is 11.8. The minimum Gasteiger partial charge on any atom is -0.267 e. The van der Waals surface area contributed by atoms with Crippen LogP contribution in [0.1, 0.15) is 18.1 Å². The van der Waals surface area contributed by atoms with Gasteiger partial charge in [-0.3, -0.25) is 4.79 Å². The minimum atomic E-state index is -0.149. The van der Waals surface area contributed by atoms with E-state index in [0.29, 0.717) is 10.7 Å². The van der Waals surface area contributed by atoms with Crippen LogP contribution in [0.2, 0.25) is 5.02 Å². The first-order chi connectivity index (χ1) is 8.61. The molecule has 0 aliphatic carbocycles. The third-order valence-electron chi connectivity index (χ3n) is 2.51. The normalized spacial score (nSPS) is 11.1. The van der Waals surface area contributed by atoms with Crippen LogP contribution in [-0.4, -0.2) is 9.78 Å². The molecule has 0 bridgehead atoms. The molecule has 0 amide bonds. The predicted molar refractivity (Wildman–Crippen MR) is 74.3 cm³/mol. The first-order valence-electron chi connectivity index (χ1n) is 5.60. The molecule has 2 rings (SSSR count). The SMILES string of the molecule is C/C=C/c1cc(-n2ncc(C)cc2=O)ccc1Cl. The fourth-order valence-corrected chi connectivity index (χ4v) is 1.84. The lowest BCUT2D eigenvalue weighted by molar-refractivity contribution is 0.800. The highest BCUT2D eigenvalue weighted by Gasteiger charge is 2.04. The molecule has 0 fully saturated rings. The van der Waals surface area contributed by atoms with E-state index in [-0.39, 0.29) is 5.56 Å². The summed E-state index contributed by atoms with van der Waals surface area (Å²) in [6.45, 7) is 3.76. The maximum absolute atomic E-state index is 11.8. The van der Waals surface area contributed by atoms with E-state index >= 15 is 0 Å². The maximum atomic E-state index is 11.8. The Balaban J connectivity index is 2.58. The van der Waals surface area contributed by atoms with Crippen molar-refractivity contribution in [3.63, 3.8) is 0 Å². The molecule has 2 aromatic rings. The molecular weight excluding hydrogens is 248 g/mol. The van der Waals surface area contributed by atoms with E-state index in [1.54, 1.807) is 24.4 Å². The largest absolute Gasteiger partial charge is 0.271 e. The molecule has 0 N–H and O–H groups in total. The molecule has 1 aromatic carbocycles. The molecule has 0 atom stereocenters. The number of rotatable bonds is 2. The second-order valence-corrected chi connectivity index (χ2v) is 4.40. The van der Waals surface area contributed by atoms with Crippen molar-refractivity contribution in [1.29, 1.82) is 0 Å². The van der Waals surface area contributed by atoms with Gasteiger partial charge in [0.15, 0.2) is 0 Å². The summed E-state index contributed by atoms with van der Waals surface area (Å²) >= 11 is 6.07. The highest BCUT2D eigenvalue weighted by molar-refractivity contribution is 6.32. The Morgan fingerprint density at radius 2 is 2.11 bits per heavy atom. The van der Waals surface area contributed by atoms with E-state index in [1.165, 1.54) is 4.68 Å². The van der Waals surface area contributed by atoms with E-state index in [0.717, 1.165) is 11.1 Å². The summed E-state index contributed by atoms with van der Waals surface area (Å²) in [6, 6.07) is 6.93. The van der Waals surface area contributed by atoms with Gasteiger partial charge in [-0.25, -0.2) is 0 Å². The quantitative estimate of drug-likeness (QED) is 0.831. The molecule has 0 radical (unpaired) electrons. The van der Waals surface area contributed by atoms with Gasteiger partial charge in [0.25, 0.3) is 5.56 Å². The van der Waals surface area contributed by atoms with Crippen LogP contribution in [0.4, 0.5) is 0 Å². The lowest BCUT2D eigenvalue weighted by atomic mass is 10.2. The standard InChI is InChI=1S/C14H13ClN2O/c1-3-4-11-8-12(5-6-13(11)15)17-14(18)7-10(2)9-16-17/h3-9H,1-2H3/b4-3+. The first-order valence-corrected chi connectivity index (χ1v) is 5.98. The lowest BCUT2D eigenvalue weighted by Crippen LogP contribution is -2.20. The van der Waals surface area contributed by atoms with Crippen molar-refractivity contribution in [1.82, 2.24) is 9.78 Å². The van der Waals surface area contributed by atoms with Crippen LogP contribution in [0.15, 0.2) is 41.3 Å². The van der Waals surface area contributed by atoms with Crippen molar-refractivity contribution >= 4 is 17.7 Å². The third-order valence-corrected chi connectivity index (χ3v) is 2.85. The van der Waals surface area contributed by atoms with Crippen LogP contribution >= 0.6 is 11.6 Å². The number of hydrogen-bond acceptors (Lipinski definition) is 2. The van der Waals surface area contributed by atoms with Crippen molar-refractivity contribution in [3.05, 3.63) is 63.0 Å². The molecule has 92 valence electrons. The average Bonchev–Trinajstić information content (AvgIpc) is 2.33. The Bertz CT molecular complexity index is 659. The fourth-order valence-electron chi connectivity index (χ4n) is 1.66. The minimum absolute atomic E-state index is 0.149. The summed E-state index contributed by atoms with van der Waals surface area (Å²) in [5.74, 6) is 0. The zero-order chi connectivity index (χ0) is 13.1. The molecule has 18 heavy (non-hydrogen) atoms. The number of aryl methyl sites for hydroxylation is 1. The van der Waals surface area contributed by atoms with E-state index in [1.807, 2.05) is 32.1 Å². The van der Waals surface area contributed by atoms with E-state index in [4.69, 9.17) is 11.6 Å². The van der Waals surface area contributed by atoms with Crippen LogP contribution in [0.5, 0.6) is 0 Å². The van der Waals surface area contributed by atoms with Crippen molar-refractivity contribution < 1.29 is 0 Å². The zero-order valence-corrected chi connectivity index (χ0v) is 11.0. The topological polar surface area (TPSA) is 34.9 Å². The van der Waals surface area contributed by atoms with E-state index in [9.17, 15) is 4.79 Å². The van der Waals surface area contributed by atoms with Gasteiger partial charge in [-0.1, -0.05) is 23.8 Å². The Kier molecular flexibility index (Phi) is 3.63. The summed E-state index contributed by atoms with van der Waals surface area (Å²) < 4.78 is 1.36. The van der Waals surface area contributed by atoms with Gasteiger partial charge < -0.3 is 0 Å². The monoisotopic (exact) mass is 260 g/mol. The number of nitrogens with zero attached hydrogens (tertiary/aromatic N) is 2. The molecule has 0 saturated heterocycles. The number of hydrogen-bond donors (Lipinski definition) is 0. The van der Waals surface area contributed by atoms with Crippen molar-refractivity contribution in [2.24, 2.45) is 0 Å². The highest BCUT2D eigenvalue weighted by atomic mass is 35.5. The second kappa shape index (κ2) is 5.19. The fraction of sp³-hybridized carbons (Fsp3) is 0.143. The molecule has 0 saturated carbocycles. The Morgan fingerprint density at radius 3 is 2.78 bits per heavy atom. The Morgan fingerprint density at radius 1 is 1.33 bits per heavy atom. The first kappa shape index (κ1) is 12.6. The smallest absolute Gasteiger partial charge is 0.267 e. The van der Waals surface area contributed by atoms with Crippen molar-refractivity contribution in [2.45, 2.75) is 13.8 Å². The third kappa shape index (κ3) is 2.51. The number of allylic oxidation sites excluding steroid dienone is 1. The number of benzene rings is 1. The van der Waals surface area contributed by atoms with Crippen molar-refractivity contribution in [3.8, 4) is 5.69 Å². The van der Waals surface area contributed by atoms with Gasteiger partial charge in [0.2, 0.25) is 0 Å². The van der Waals surface area contributed by atoms with Gasteiger partial charge in [-0.05, 0) is 43.2 Å². The second-order valence-electron chi connectivity index (χ2n) is 3.99. The molecule has 0 unspecified atom stereocenters. The van der Waals surface area contributed by atoms with Crippen LogP contribution in [0, 0.1) is 6.92 Å². The van der Waals surface area contributed by atoms with Gasteiger partial charge in [-0.15, -0.1) is 0 Å². The highest BCUT2D eigenvalue weighted by Crippen LogP contribution is 2.20. The maximum Gasteiger partial charge on any atom is 0.271 e. The van der Waals surface area contributed by atoms with Gasteiger partial charge in [0.1, 0.15) is 0 Å². The molecular formula is C14H13ClN2O. The molecule has 0 aliphatic rings. The molecule has 0 spiro atoms. The molecule has 0 aliphatic heterocycles. The average molecular weight is 261 g/mol. The van der Waals surface area contributed by atoms with E-state index < -0.39 is 0 Å². The van der Waals surface area contributed by atoms with Gasteiger partial charge in [0.05, 0.1) is 11.9 Å². The summed E-state index contributed by atoms with van der Waals surface area (Å²) in [7, 11) is 0. The van der Waals surface area contributed by atoms with E-state index in [2.05, 4.69) is 5.10 Å². The van der Waals surface area contributed by atoms with Gasteiger partial charge >= 0.3 is 0 Å². The summed E-state index contributed by atoms with van der Waals surface area (Å²) in [5, 5.41) is 4.77. The number of halogens is 1. The van der Waals surface area contributed by atoms with Crippen molar-refractivity contribution in [2.75, 3.05) is 0 Å². The van der Waals surface area contributed by atoms with Crippen LogP contribution < -0.4 is 5.56 Å². The van der Waals surface area contributed by atoms with Crippen LogP contribution in [-0.2, 0) is 0 Å². The summed E-state index contributed by atoms with van der Waals surface area (Å²) in [5.41, 5.74) is 2.27. The molecule has 4 heteroatoms. The molecule has 3 nitrogen and oxygen atoms in total. The Hall–Kier alpha value is -1.87. The molecule has 1 aromatic heterocycles. The van der Waals surface area contributed by atoms with Crippen LogP contribution in [0.25, 0.3) is 11.8 Å². The predicted octanol–water partition coefficient (Wildman–Crippen LogP) is 3.23. The lowest BCUT2D eigenvalue weighted by Gasteiger charge is -2.06.